The molecule has 1 N–H and O–H groups in total. The van der Waals surface area contributed by atoms with Crippen LogP contribution in [0.2, 0.25) is 0 Å². The topological polar surface area (TPSA) is 12.0 Å². The molecule has 2 fully saturated rings. The third-order valence-corrected chi connectivity index (χ3v) is 5.16. The first kappa shape index (κ1) is 15.4. The van der Waals surface area contributed by atoms with Gasteiger partial charge in [0.1, 0.15) is 0 Å². The van der Waals surface area contributed by atoms with E-state index in [9.17, 15) is 0 Å². The van der Waals surface area contributed by atoms with Crippen molar-refractivity contribution in [2.75, 3.05) is 6.54 Å². The zero-order valence-electron chi connectivity index (χ0n) is 13.8. The second-order valence-corrected chi connectivity index (χ2v) is 8.93. The van der Waals surface area contributed by atoms with Crippen molar-refractivity contribution in [2.24, 2.45) is 29.1 Å². The van der Waals surface area contributed by atoms with E-state index in [1.807, 2.05) is 0 Å². The minimum absolute atomic E-state index is 0.514. The lowest BCUT2D eigenvalue weighted by atomic mass is 9.66. The number of piperidine rings is 1. The smallest absolute Gasteiger partial charge is 0.00723 e. The van der Waals surface area contributed by atoms with Crippen molar-refractivity contribution < 1.29 is 0 Å². The SMILES string of the molecule is CC(C)CC1CC2CCC(CC(C)(C)C)CC2CN1. The van der Waals surface area contributed by atoms with Gasteiger partial charge in [0.2, 0.25) is 0 Å². The Bertz CT molecular complexity index is 276. The van der Waals surface area contributed by atoms with E-state index < -0.39 is 0 Å². The molecular weight excluding hydrogens is 230 g/mol. The summed E-state index contributed by atoms with van der Waals surface area (Å²) in [4.78, 5) is 0. The van der Waals surface area contributed by atoms with Gasteiger partial charge in [0, 0.05) is 6.04 Å². The Labute approximate surface area is 120 Å². The maximum absolute atomic E-state index is 3.83. The Kier molecular flexibility index (Phi) is 4.98. The molecule has 19 heavy (non-hydrogen) atoms. The van der Waals surface area contributed by atoms with Gasteiger partial charge in [0.25, 0.3) is 0 Å². The quantitative estimate of drug-likeness (QED) is 0.768. The maximum Gasteiger partial charge on any atom is 0.00723 e. The number of fused-ring (bicyclic) bond motifs is 1. The molecule has 1 heterocycles. The van der Waals surface area contributed by atoms with Crippen molar-refractivity contribution in [1.82, 2.24) is 5.32 Å². The second-order valence-electron chi connectivity index (χ2n) is 8.93. The monoisotopic (exact) mass is 265 g/mol. The van der Waals surface area contributed by atoms with Crippen LogP contribution in [0.4, 0.5) is 0 Å². The molecule has 0 aromatic carbocycles. The molecular formula is C18H35N. The molecule has 1 saturated heterocycles. The molecule has 0 bridgehead atoms. The fraction of sp³-hybridized carbons (Fsp3) is 1.00. The van der Waals surface area contributed by atoms with E-state index in [1.165, 1.54) is 45.1 Å². The van der Waals surface area contributed by atoms with Gasteiger partial charge in [-0.3, -0.25) is 0 Å². The molecule has 112 valence electrons. The molecule has 1 aliphatic carbocycles. The number of hydrogen-bond donors (Lipinski definition) is 1. The molecule has 0 aromatic rings. The summed E-state index contributed by atoms with van der Waals surface area (Å²) in [5, 5.41) is 3.83. The number of rotatable bonds is 3. The van der Waals surface area contributed by atoms with Crippen LogP contribution in [-0.2, 0) is 0 Å². The highest BCUT2D eigenvalue weighted by atomic mass is 14.9. The van der Waals surface area contributed by atoms with Crippen molar-refractivity contribution in [3.05, 3.63) is 0 Å². The molecule has 0 spiro atoms. The van der Waals surface area contributed by atoms with Crippen LogP contribution in [0.15, 0.2) is 0 Å². The first-order chi connectivity index (χ1) is 8.83. The molecule has 4 unspecified atom stereocenters. The van der Waals surface area contributed by atoms with E-state index in [-0.39, 0.29) is 0 Å². The Hall–Kier alpha value is -0.0400. The van der Waals surface area contributed by atoms with Gasteiger partial charge in [-0.2, -0.15) is 0 Å². The van der Waals surface area contributed by atoms with Crippen LogP contribution >= 0.6 is 0 Å². The highest BCUT2D eigenvalue weighted by Gasteiger charge is 2.36. The molecule has 1 heteroatoms. The van der Waals surface area contributed by atoms with Crippen LogP contribution < -0.4 is 5.32 Å². The van der Waals surface area contributed by atoms with Crippen LogP contribution in [-0.4, -0.2) is 12.6 Å². The average Bonchev–Trinajstić information content (AvgIpc) is 2.26. The Balaban J connectivity index is 1.82. The van der Waals surface area contributed by atoms with Crippen LogP contribution in [0.5, 0.6) is 0 Å². The summed E-state index contributed by atoms with van der Waals surface area (Å²) >= 11 is 0. The number of nitrogens with one attached hydrogen (secondary N) is 1. The summed E-state index contributed by atoms with van der Waals surface area (Å²) in [7, 11) is 0. The molecule has 1 aliphatic heterocycles. The van der Waals surface area contributed by atoms with E-state index in [0.717, 1.165) is 29.7 Å². The molecule has 2 aliphatic rings. The van der Waals surface area contributed by atoms with Crippen molar-refractivity contribution >= 4 is 0 Å². The largest absolute Gasteiger partial charge is 0.314 e. The third kappa shape index (κ3) is 4.77. The third-order valence-electron chi connectivity index (χ3n) is 5.16. The van der Waals surface area contributed by atoms with Gasteiger partial charge < -0.3 is 5.32 Å². The lowest BCUT2D eigenvalue weighted by Crippen LogP contribution is -2.46. The molecule has 1 nitrogen and oxygen atoms in total. The molecule has 0 aromatic heterocycles. The average molecular weight is 265 g/mol. The molecule has 2 rings (SSSR count). The molecule has 4 atom stereocenters. The van der Waals surface area contributed by atoms with E-state index in [2.05, 4.69) is 39.9 Å². The normalized spacial score (nSPS) is 36.3. The fourth-order valence-corrected chi connectivity index (χ4v) is 4.55. The molecule has 0 amide bonds. The lowest BCUT2D eigenvalue weighted by molar-refractivity contribution is 0.0939. The summed E-state index contributed by atoms with van der Waals surface area (Å²) in [6.07, 6.45) is 8.73. The Morgan fingerprint density at radius 3 is 2.42 bits per heavy atom. The predicted molar refractivity (Wildman–Crippen MR) is 84.3 cm³/mol. The van der Waals surface area contributed by atoms with Crippen LogP contribution in [0.25, 0.3) is 0 Å². The van der Waals surface area contributed by atoms with Gasteiger partial charge in [-0.15, -0.1) is 0 Å². The van der Waals surface area contributed by atoms with Crippen molar-refractivity contribution in [3.8, 4) is 0 Å². The van der Waals surface area contributed by atoms with Gasteiger partial charge in [0.15, 0.2) is 0 Å². The highest BCUT2D eigenvalue weighted by molar-refractivity contribution is 4.90. The van der Waals surface area contributed by atoms with E-state index in [1.54, 1.807) is 0 Å². The minimum atomic E-state index is 0.514. The zero-order valence-corrected chi connectivity index (χ0v) is 13.8. The minimum Gasteiger partial charge on any atom is -0.314 e. The predicted octanol–water partition coefficient (Wildman–Crippen LogP) is 4.86. The highest BCUT2D eigenvalue weighted by Crippen LogP contribution is 2.42. The van der Waals surface area contributed by atoms with E-state index >= 15 is 0 Å². The van der Waals surface area contributed by atoms with Gasteiger partial charge >= 0.3 is 0 Å². The Morgan fingerprint density at radius 2 is 1.79 bits per heavy atom. The molecule has 1 saturated carbocycles. The summed E-state index contributed by atoms with van der Waals surface area (Å²) < 4.78 is 0. The van der Waals surface area contributed by atoms with Crippen molar-refractivity contribution in [1.29, 1.82) is 0 Å². The first-order valence-corrected chi connectivity index (χ1v) is 8.57. The van der Waals surface area contributed by atoms with Gasteiger partial charge in [0.05, 0.1) is 0 Å². The van der Waals surface area contributed by atoms with Crippen LogP contribution in [0.3, 0.4) is 0 Å². The fourth-order valence-electron chi connectivity index (χ4n) is 4.55. The molecule has 0 radical (unpaired) electrons. The summed E-state index contributed by atoms with van der Waals surface area (Å²) in [5.41, 5.74) is 0.514. The summed E-state index contributed by atoms with van der Waals surface area (Å²) in [6, 6.07) is 0.806. The zero-order chi connectivity index (χ0) is 14.0. The van der Waals surface area contributed by atoms with Gasteiger partial charge in [-0.1, -0.05) is 41.0 Å². The first-order valence-electron chi connectivity index (χ1n) is 8.57. The van der Waals surface area contributed by atoms with E-state index in [0.29, 0.717) is 5.41 Å². The summed E-state index contributed by atoms with van der Waals surface area (Å²) in [6.45, 7) is 13.2. The van der Waals surface area contributed by atoms with Crippen molar-refractivity contribution in [3.63, 3.8) is 0 Å². The maximum atomic E-state index is 3.83. The van der Waals surface area contributed by atoms with Crippen molar-refractivity contribution in [2.45, 2.75) is 79.2 Å². The lowest BCUT2D eigenvalue weighted by Gasteiger charge is -2.44. The van der Waals surface area contributed by atoms with Crippen LogP contribution in [0, 0.1) is 29.1 Å². The Morgan fingerprint density at radius 1 is 1.05 bits per heavy atom. The van der Waals surface area contributed by atoms with Gasteiger partial charge in [-0.05, 0) is 67.7 Å². The summed E-state index contributed by atoms with van der Waals surface area (Å²) in [5.74, 6) is 3.83. The second kappa shape index (κ2) is 6.16. The van der Waals surface area contributed by atoms with Gasteiger partial charge in [-0.25, -0.2) is 0 Å². The van der Waals surface area contributed by atoms with Crippen LogP contribution in [0.1, 0.15) is 73.1 Å². The standard InChI is InChI=1S/C18H35N/c1-13(2)8-17-10-15-7-6-14(11-18(3,4)5)9-16(15)12-19-17/h13-17,19H,6-12H2,1-5H3. The van der Waals surface area contributed by atoms with E-state index in [4.69, 9.17) is 0 Å². The number of hydrogen-bond acceptors (Lipinski definition) is 1.